The minimum atomic E-state index is -0.418. The Hall–Kier alpha value is -3.31. The summed E-state index contributed by atoms with van der Waals surface area (Å²) in [5, 5.41) is 20.6. The van der Waals surface area contributed by atoms with Crippen molar-refractivity contribution in [2.24, 2.45) is 7.05 Å². The number of hydrogen-bond donors (Lipinski definition) is 1. The molecule has 1 unspecified atom stereocenters. The first-order valence-electron chi connectivity index (χ1n) is 8.54. The molecule has 2 aromatic carbocycles. The third-order valence-corrected chi connectivity index (χ3v) is 5.27. The van der Waals surface area contributed by atoms with Crippen LogP contribution < -0.4 is 10.1 Å². The fourth-order valence-electron chi connectivity index (χ4n) is 2.54. The summed E-state index contributed by atoms with van der Waals surface area (Å²) >= 11 is 1.30. The molecule has 0 aliphatic rings. The summed E-state index contributed by atoms with van der Waals surface area (Å²) < 4.78 is 7.02. The molecule has 0 spiro atoms. The Bertz CT molecular complexity index is 1020. The van der Waals surface area contributed by atoms with Crippen LogP contribution in [-0.4, -0.2) is 33.0 Å². The van der Waals surface area contributed by atoms with Gasteiger partial charge >= 0.3 is 0 Å². The van der Waals surface area contributed by atoms with Gasteiger partial charge in [-0.2, -0.15) is 5.26 Å². The first-order valence-corrected chi connectivity index (χ1v) is 9.42. The van der Waals surface area contributed by atoms with E-state index in [9.17, 15) is 4.79 Å². The maximum Gasteiger partial charge on any atom is 0.237 e. The molecule has 3 aromatic rings. The van der Waals surface area contributed by atoms with Crippen molar-refractivity contribution in [1.29, 1.82) is 5.26 Å². The lowest BCUT2D eigenvalue weighted by molar-refractivity contribution is -0.115. The van der Waals surface area contributed by atoms with E-state index < -0.39 is 5.25 Å². The summed E-state index contributed by atoms with van der Waals surface area (Å²) in [5.41, 5.74) is 1.83. The lowest BCUT2D eigenvalue weighted by atomic mass is 10.2. The van der Waals surface area contributed by atoms with Gasteiger partial charge in [0, 0.05) is 12.6 Å². The number of thioether (sulfide) groups is 1. The van der Waals surface area contributed by atoms with Gasteiger partial charge in [-0.1, -0.05) is 23.9 Å². The molecule has 28 heavy (non-hydrogen) atoms. The molecule has 1 amide bonds. The van der Waals surface area contributed by atoms with Crippen molar-refractivity contribution in [3.8, 4) is 23.2 Å². The van der Waals surface area contributed by atoms with E-state index >= 15 is 0 Å². The van der Waals surface area contributed by atoms with E-state index in [2.05, 4.69) is 21.6 Å². The molecule has 1 atom stereocenters. The number of para-hydroxylation sites is 1. The number of methoxy groups -OCH3 is 1. The van der Waals surface area contributed by atoms with Crippen molar-refractivity contribution < 1.29 is 9.53 Å². The zero-order chi connectivity index (χ0) is 20.1. The molecule has 142 valence electrons. The van der Waals surface area contributed by atoms with Crippen LogP contribution in [0.25, 0.3) is 11.4 Å². The van der Waals surface area contributed by atoms with Crippen LogP contribution in [-0.2, 0) is 11.8 Å². The molecular weight excluding hydrogens is 374 g/mol. The number of carbonyl (C=O) groups excluding carboxylic acids is 1. The molecule has 1 N–H and O–H groups in total. The Morgan fingerprint density at radius 3 is 2.61 bits per heavy atom. The minimum absolute atomic E-state index is 0.207. The predicted molar refractivity (Wildman–Crippen MR) is 108 cm³/mol. The van der Waals surface area contributed by atoms with Crippen LogP contribution in [0.2, 0.25) is 0 Å². The number of amides is 1. The van der Waals surface area contributed by atoms with Crippen LogP contribution in [0, 0.1) is 11.3 Å². The third kappa shape index (κ3) is 4.15. The Kier molecular flexibility index (Phi) is 5.96. The van der Waals surface area contributed by atoms with Gasteiger partial charge < -0.3 is 14.6 Å². The Labute approximate surface area is 167 Å². The summed E-state index contributed by atoms with van der Waals surface area (Å²) in [4.78, 5) is 12.5. The monoisotopic (exact) mass is 393 g/mol. The van der Waals surface area contributed by atoms with Gasteiger partial charge in [0.15, 0.2) is 11.0 Å². The van der Waals surface area contributed by atoms with Gasteiger partial charge in [-0.25, -0.2) is 0 Å². The number of aromatic nitrogens is 3. The van der Waals surface area contributed by atoms with Gasteiger partial charge in [0.2, 0.25) is 5.91 Å². The van der Waals surface area contributed by atoms with E-state index in [1.807, 2.05) is 35.9 Å². The molecular formula is C20H19N5O2S. The van der Waals surface area contributed by atoms with Crippen molar-refractivity contribution in [2.75, 3.05) is 12.4 Å². The van der Waals surface area contributed by atoms with Crippen LogP contribution in [0.1, 0.15) is 12.5 Å². The smallest absolute Gasteiger partial charge is 0.237 e. The number of nitriles is 1. The fourth-order valence-corrected chi connectivity index (χ4v) is 3.36. The average molecular weight is 393 g/mol. The van der Waals surface area contributed by atoms with Gasteiger partial charge in [0.1, 0.15) is 11.8 Å². The Balaban J connectivity index is 1.72. The Morgan fingerprint density at radius 2 is 1.93 bits per heavy atom. The highest BCUT2D eigenvalue weighted by Crippen LogP contribution is 2.27. The van der Waals surface area contributed by atoms with E-state index in [4.69, 9.17) is 10.00 Å². The number of nitrogens with zero attached hydrogens (tertiary/aromatic N) is 4. The van der Waals surface area contributed by atoms with Crippen LogP contribution in [0.15, 0.2) is 53.7 Å². The van der Waals surface area contributed by atoms with E-state index in [1.165, 1.54) is 11.8 Å². The minimum Gasteiger partial charge on any atom is -0.497 e. The molecule has 0 aliphatic carbocycles. The lowest BCUT2D eigenvalue weighted by Crippen LogP contribution is -2.23. The van der Waals surface area contributed by atoms with Crippen molar-refractivity contribution in [1.82, 2.24) is 14.8 Å². The largest absolute Gasteiger partial charge is 0.497 e. The molecule has 0 fully saturated rings. The Morgan fingerprint density at radius 1 is 1.21 bits per heavy atom. The maximum absolute atomic E-state index is 12.5. The first kappa shape index (κ1) is 19.5. The van der Waals surface area contributed by atoms with E-state index in [0.717, 1.165) is 11.3 Å². The van der Waals surface area contributed by atoms with Gasteiger partial charge in [0.05, 0.1) is 23.6 Å². The predicted octanol–water partition coefficient (Wildman–Crippen LogP) is 3.48. The number of benzene rings is 2. The van der Waals surface area contributed by atoms with Crippen LogP contribution in [0.3, 0.4) is 0 Å². The van der Waals surface area contributed by atoms with Crippen molar-refractivity contribution >= 4 is 23.4 Å². The zero-order valence-corrected chi connectivity index (χ0v) is 16.5. The number of carbonyl (C=O) groups is 1. The second kappa shape index (κ2) is 8.59. The van der Waals surface area contributed by atoms with Crippen LogP contribution in [0.5, 0.6) is 5.75 Å². The molecule has 7 nitrogen and oxygen atoms in total. The first-order chi connectivity index (χ1) is 13.5. The summed E-state index contributed by atoms with van der Waals surface area (Å²) in [7, 11) is 3.48. The van der Waals surface area contributed by atoms with Gasteiger partial charge in [0.25, 0.3) is 0 Å². The summed E-state index contributed by atoms with van der Waals surface area (Å²) in [6, 6.07) is 16.5. The molecule has 3 rings (SSSR count). The number of hydrogen-bond acceptors (Lipinski definition) is 6. The fraction of sp³-hybridized carbons (Fsp3) is 0.200. The quantitative estimate of drug-likeness (QED) is 0.645. The van der Waals surface area contributed by atoms with Gasteiger partial charge in [-0.15, -0.1) is 10.2 Å². The number of anilines is 1. The van der Waals surface area contributed by atoms with Gasteiger partial charge in [-0.05, 0) is 43.3 Å². The van der Waals surface area contributed by atoms with Crippen molar-refractivity contribution in [3.05, 3.63) is 54.1 Å². The van der Waals surface area contributed by atoms with E-state index in [1.54, 1.807) is 38.3 Å². The second-order valence-corrected chi connectivity index (χ2v) is 7.31. The standard InChI is InChI=1S/C20H19N5O2S/c1-13(19(26)22-17-7-5-4-6-15(17)12-21)28-20-24-23-18(25(20)2)14-8-10-16(27-3)11-9-14/h4-11,13H,1-3H3,(H,22,26). The molecule has 0 radical (unpaired) electrons. The highest BCUT2D eigenvalue weighted by molar-refractivity contribution is 8.00. The van der Waals surface area contributed by atoms with E-state index in [-0.39, 0.29) is 5.91 Å². The molecule has 0 bridgehead atoms. The number of ether oxygens (including phenoxy) is 1. The summed E-state index contributed by atoms with van der Waals surface area (Å²) in [5.74, 6) is 1.26. The molecule has 0 saturated carbocycles. The maximum atomic E-state index is 12.5. The van der Waals surface area contributed by atoms with Gasteiger partial charge in [-0.3, -0.25) is 4.79 Å². The van der Waals surface area contributed by atoms with Crippen molar-refractivity contribution in [3.63, 3.8) is 0 Å². The van der Waals surface area contributed by atoms with Crippen molar-refractivity contribution in [2.45, 2.75) is 17.3 Å². The third-order valence-electron chi connectivity index (χ3n) is 4.14. The average Bonchev–Trinajstić information content (AvgIpc) is 3.08. The zero-order valence-electron chi connectivity index (χ0n) is 15.7. The highest BCUT2D eigenvalue weighted by Gasteiger charge is 2.20. The van der Waals surface area contributed by atoms with Crippen LogP contribution >= 0.6 is 11.8 Å². The highest BCUT2D eigenvalue weighted by atomic mass is 32.2. The molecule has 1 heterocycles. The lowest BCUT2D eigenvalue weighted by Gasteiger charge is -2.12. The van der Waals surface area contributed by atoms with E-state index in [0.29, 0.717) is 22.2 Å². The summed E-state index contributed by atoms with van der Waals surface area (Å²) in [6.07, 6.45) is 0. The summed E-state index contributed by atoms with van der Waals surface area (Å²) in [6.45, 7) is 1.79. The normalized spacial score (nSPS) is 11.5. The molecule has 0 aliphatic heterocycles. The molecule has 1 aromatic heterocycles. The van der Waals surface area contributed by atoms with Crippen LogP contribution in [0.4, 0.5) is 5.69 Å². The topological polar surface area (TPSA) is 92.8 Å². The number of nitrogens with one attached hydrogen (secondary N) is 1. The SMILES string of the molecule is COc1ccc(-c2nnc(SC(C)C(=O)Nc3ccccc3C#N)n2C)cc1. The number of rotatable bonds is 6. The molecule has 8 heteroatoms. The molecule has 0 saturated heterocycles. The second-order valence-electron chi connectivity index (χ2n) is 6.00.